The lowest BCUT2D eigenvalue weighted by molar-refractivity contribution is -0.185. The molecular weight excluding hydrogens is 451 g/mol. The van der Waals surface area contributed by atoms with E-state index >= 15 is 0 Å². The van der Waals surface area contributed by atoms with Crippen LogP contribution in [0.25, 0.3) is 10.1 Å². The van der Waals surface area contributed by atoms with Crippen molar-refractivity contribution in [3.05, 3.63) is 58.4 Å². The third-order valence-corrected chi connectivity index (χ3v) is 6.72. The van der Waals surface area contributed by atoms with Crippen molar-refractivity contribution in [1.29, 1.82) is 0 Å². The molecule has 4 rings (SSSR count). The summed E-state index contributed by atoms with van der Waals surface area (Å²) in [6.07, 6.45) is -4.85. The Labute approximate surface area is 185 Å². The number of rotatable bonds is 3. The molecule has 31 heavy (non-hydrogen) atoms. The Bertz CT molecular complexity index is 1120. The van der Waals surface area contributed by atoms with E-state index < -0.39 is 12.1 Å². The van der Waals surface area contributed by atoms with Crippen LogP contribution in [0.3, 0.4) is 0 Å². The van der Waals surface area contributed by atoms with Gasteiger partial charge >= 0.3 is 12.1 Å². The van der Waals surface area contributed by atoms with E-state index in [0.29, 0.717) is 28.7 Å². The molecule has 0 radical (unpaired) electrons. The molecule has 3 aromatic rings. The second-order valence-electron chi connectivity index (χ2n) is 7.02. The van der Waals surface area contributed by atoms with Crippen LogP contribution < -0.4 is 10.2 Å². The summed E-state index contributed by atoms with van der Waals surface area (Å²) < 4.78 is 38.6. The van der Waals surface area contributed by atoms with Crippen LogP contribution in [0.4, 0.5) is 24.5 Å². The quantitative estimate of drug-likeness (QED) is 0.588. The van der Waals surface area contributed by atoms with Gasteiger partial charge < -0.3 is 15.1 Å². The highest BCUT2D eigenvalue weighted by molar-refractivity contribution is 7.21. The molecule has 2 heterocycles. The number of thiophene rings is 1. The summed E-state index contributed by atoms with van der Waals surface area (Å²) in [5.74, 6) is -2.11. The molecule has 0 spiro atoms. The number of hydrogen-bond acceptors (Lipinski definition) is 4. The molecule has 0 bridgehead atoms. The summed E-state index contributed by atoms with van der Waals surface area (Å²) in [4.78, 5) is 27.1. The van der Waals surface area contributed by atoms with Crippen molar-refractivity contribution < 1.29 is 22.8 Å². The second-order valence-corrected chi connectivity index (χ2v) is 8.45. The fraction of sp³-hybridized carbons (Fsp3) is 0.238. The smallest absolute Gasteiger partial charge is 0.368 e. The molecule has 0 aliphatic carbocycles. The summed E-state index contributed by atoms with van der Waals surface area (Å²) in [6, 6.07) is 14.5. The van der Waals surface area contributed by atoms with Gasteiger partial charge in [-0.2, -0.15) is 13.2 Å². The van der Waals surface area contributed by atoms with E-state index in [2.05, 4.69) is 5.32 Å². The molecule has 162 valence electrons. The maximum absolute atomic E-state index is 12.6. The van der Waals surface area contributed by atoms with Crippen LogP contribution >= 0.6 is 22.9 Å². The first-order chi connectivity index (χ1) is 14.7. The van der Waals surface area contributed by atoms with Crippen LogP contribution in [0.1, 0.15) is 9.67 Å². The number of amides is 2. The van der Waals surface area contributed by atoms with Crippen LogP contribution in [-0.4, -0.2) is 49.1 Å². The van der Waals surface area contributed by atoms with Crippen LogP contribution in [0.15, 0.2) is 48.5 Å². The van der Waals surface area contributed by atoms with Gasteiger partial charge in [0.25, 0.3) is 5.91 Å². The zero-order valence-corrected chi connectivity index (χ0v) is 17.7. The number of nitrogens with zero attached hydrogens (tertiary/aromatic N) is 2. The van der Waals surface area contributed by atoms with Crippen molar-refractivity contribution in [2.24, 2.45) is 0 Å². The lowest BCUT2D eigenvalue weighted by Gasteiger charge is -2.36. The number of piperazine rings is 1. The van der Waals surface area contributed by atoms with Gasteiger partial charge in [-0.15, -0.1) is 11.3 Å². The topological polar surface area (TPSA) is 52.7 Å². The van der Waals surface area contributed by atoms with Crippen LogP contribution in [0.5, 0.6) is 0 Å². The van der Waals surface area contributed by atoms with E-state index in [1.807, 2.05) is 29.2 Å². The average molecular weight is 468 g/mol. The average Bonchev–Trinajstić information content (AvgIpc) is 3.10. The number of benzene rings is 2. The number of carbonyl (C=O) groups is 2. The summed E-state index contributed by atoms with van der Waals surface area (Å²) in [7, 11) is 0. The number of fused-ring (bicyclic) bond motifs is 1. The summed E-state index contributed by atoms with van der Waals surface area (Å²) in [5, 5.41) is 4.07. The highest BCUT2D eigenvalue weighted by Crippen LogP contribution is 2.35. The Morgan fingerprint density at radius 2 is 1.61 bits per heavy atom. The molecule has 1 aliphatic heterocycles. The molecule has 1 aromatic heterocycles. The van der Waals surface area contributed by atoms with Crippen molar-refractivity contribution in [1.82, 2.24) is 4.90 Å². The van der Waals surface area contributed by atoms with Crippen molar-refractivity contribution in [2.75, 3.05) is 36.4 Å². The Balaban J connectivity index is 1.39. The van der Waals surface area contributed by atoms with E-state index in [1.165, 1.54) is 11.3 Å². The fourth-order valence-electron chi connectivity index (χ4n) is 3.45. The minimum atomic E-state index is -4.85. The van der Waals surface area contributed by atoms with Gasteiger partial charge in [0.15, 0.2) is 0 Å². The zero-order valence-electron chi connectivity index (χ0n) is 16.1. The van der Waals surface area contributed by atoms with E-state index in [0.717, 1.165) is 20.7 Å². The number of hydrogen-bond donors (Lipinski definition) is 1. The summed E-state index contributed by atoms with van der Waals surface area (Å²) in [6.45, 7) is 0.596. The van der Waals surface area contributed by atoms with Gasteiger partial charge in [0.05, 0.1) is 5.02 Å². The van der Waals surface area contributed by atoms with E-state index in [1.54, 1.807) is 24.3 Å². The zero-order chi connectivity index (χ0) is 22.2. The first-order valence-corrected chi connectivity index (χ1v) is 10.6. The maximum Gasteiger partial charge on any atom is 0.471 e. The molecule has 0 saturated carbocycles. The molecule has 2 amide bonds. The van der Waals surface area contributed by atoms with Crippen molar-refractivity contribution in [3.8, 4) is 0 Å². The molecule has 0 unspecified atom stereocenters. The minimum absolute atomic E-state index is 0.00126. The Kier molecular flexibility index (Phi) is 5.81. The standard InChI is InChI=1S/C21H17ClF3N3O2S/c22-17-15-3-1-2-4-16(15)31-18(17)19(29)26-13-5-7-14(8-6-13)27-9-11-28(12-10-27)20(30)21(23,24)25/h1-8H,9-12H2,(H,26,29). The predicted octanol–water partition coefficient (Wildman–Crippen LogP) is 5.02. The lowest BCUT2D eigenvalue weighted by Crippen LogP contribution is -2.52. The van der Waals surface area contributed by atoms with Gasteiger partial charge in [-0.1, -0.05) is 29.8 Å². The Hall–Kier alpha value is -2.78. The monoisotopic (exact) mass is 467 g/mol. The second kappa shape index (κ2) is 8.39. The molecule has 2 aromatic carbocycles. The van der Waals surface area contributed by atoms with Crippen molar-refractivity contribution in [3.63, 3.8) is 0 Å². The molecule has 0 atom stereocenters. The predicted molar refractivity (Wildman–Crippen MR) is 116 cm³/mol. The fourth-order valence-corrected chi connectivity index (χ4v) is 4.86. The Morgan fingerprint density at radius 1 is 0.968 bits per heavy atom. The lowest BCUT2D eigenvalue weighted by atomic mass is 10.2. The van der Waals surface area contributed by atoms with Gasteiger partial charge in [0, 0.05) is 47.6 Å². The highest BCUT2D eigenvalue weighted by Gasteiger charge is 2.43. The van der Waals surface area contributed by atoms with Gasteiger partial charge in [-0.3, -0.25) is 9.59 Å². The van der Waals surface area contributed by atoms with Gasteiger partial charge in [0.2, 0.25) is 0 Å². The van der Waals surface area contributed by atoms with E-state index in [9.17, 15) is 22.8 Å². The molecule has 1 aliphatic rings. The van der Waals surface area contributed by atoms with Crippen LogP contribution in [0.2, 0.25) is 5.02 Å². The maximum atomic E-state index is 12.6. The van der Waals surface area contributed by atoms with Crippen molar-refractivity contribution in [2.45, 2.75) is 6.18 Å². The molecular formula is C21H17ClF3N3O2S. The molecule has 1 saturated heterocycles. The molecule has 1 N–H and O–H groups in total. The normalized spacial score (nSPS) is 14.7. The SMILES string of the molecule is O=C(Nc1ccc(N2CCN(C(=O)C(F)(F)F)CC2)cc1)c1sc2ccccc2c1Cl. The Morgan fingerprint density at radius 3 is 2.23 bits per heavy atom. The van der Waals surface area contributed by atoms with Gasteiger partial charge in [-0.25, -0.2) is 0 Å². The number of anilines is 2. The number of alkyl halides is 3. The van der Waals surface area contributed by atoms with Crippen LogP contribution in [-0.2, 0) is 4.79 Å². The number of halogens is 4. The van der Waals surface area contributed by atoms with E-state index in [-0.39, 0.29) is 19.0 Å². The van der Waals surface area contributed by atoms with E-state index in [4.69, 9.17) is 11.6 Å². The number of nitrogens with one attached hydrogen (secondary N) is 1. The van der Waals surface area contributed by atoms with Crippen LogP contribution in [0, 0.1) is 0 Å². The van der Waals surface area contributed by atoms with Crippen molar-refractivity contribution >= 4 is 56.2 Å². The third-order valence-electron chi connectivity index (χ3n) is 5.04. The first-order valence-electron chi connectivity index (χ1n) is 9.43. The molecule has 10 heteroatoms. The van der Waals surface area contributed by atoms with Gasteiger partial charge in [0.1, 0.15) is 4.88 Å². The first kappa shape index (κ1) is 21.5. The summed E-state index contributed by atoms with van der Waals surface area (Å²) >= 11 is 7.67. The molecule has 1 fully saturated rings. The number of carbonyl (C=O) groups excluding carboxylic acids is 2. The largest absolute Gasteiger partial charge is 0.471 e. The molecule has 5 nitrogen and oxygen atoms in total. The van der Waals surface area contributed by atoms with Gasteiger partial charge in [-0.05, 0) is 30.3 Å². The third kappa shape index (κ3) is 4.47. The minimum Gasteiger partial charge on any atom is -0.368 e. The summed E-state index contributed by atoms with van der Waals surface area (Å²) in [5.41, 5.74) is 1.38. The highest BCUT2D eigenvalue weighted by atomic mass is 35.5.